The van der Waals surface area contributed by atoms with Gasteiger partial charge in [0.25, 0.3) is 5.91 Å². The zero-order valence-electron chi connectivity index (χ0n) is 21.7. The molecule has 2 aliphatic rings. The molecule has 2 aliphatic heterocycles. The summed E-state index contributed by atoms with van der Waals surface area (Å²) in [7, 11) is 4.62. The number of ether oxygens (including phenoxy) is 4. The maximum atomic E-state index is 13.9. The van der Waals surface area contributed by atoms with E-state index in [2.05, 4.69) is 4.90 Å². The zero-order chi connectivity index (χ0) is 26.1. The van der Waals surface area contributed by atoms with Gasteiger partial charge in [-0.3, -0.25) is 14.5 Å². The molecule has 1 fully saturated rings. The average molecular weight is 509 g/mol. The minimum atomic E-state index is -0.651. The molecule has 9 heteroatoms. The zero-order valence-corrected chi connectivity index (χ0v) is 21.7. The van der Waals surface area contributed by atoms with Gasteiger partial charge in [-0.15, -0.1) is 0 Å². The number of morpholine rings is 1. The van der Waals surface area contributed by atoms with Crippen LogP contribution < -0.4 is 19.6 Å². The van der Waals surface area contributed by atoms with Crippen molar-refractivity contribution in [2.45, 2.75) is 19.4 Å². The van der Waals surface area contributed by atoms with E-state index >= 15 is 0 Å². The van der Waals surface area contributed by atoms with Gasteiger partial charge in [0.15, 0.2) is 16.9 Å². The van der Waals surface area contributed by atoms with E-state index in [0.29, 0.717) is 59.1 Å². The van der Waals surface area contributed by atoms with Crippen LogP contribution in [0.1, 0.15) is 39.7 Å². The fourth-order valence-electron chi connectivity index (χ4n) is 5.26. The molecule has 0 unspecified atom stereocenters. The summed E-state index contributed by atoms with van der Waals surface area (Å²) >= 11 is 0. The number of carbonyl (C=O) groups excluding carboxylic acids is 1. The molecule has 3 aromatic rings. The van der Waals surface area contributed by atoms with Gasteiger partial charge in [-0.05, 0) is 43.2 Å². The number of hydrogen-bond donors (Lipinski definition) is 0. The second-order valence-electron chi connectivity index (χ2n) is 9.34. The lowest BCUT2D eigenvalue weighted by Gasteiger charge is -2.29. The number of methoxy groups -OCH3 is 3. The topological polar surface area (TPSA) is 90.7 Å². The fraction of sp³-hybridized carbons (Fsp3) is 0.429. The second-order valence-corrected chi connectivity index (χ2v) is 9.34. The molecule has 0 aliphatic carbocycles. The van der Waals surface area contributed by atoms with Crippen molar-refractivity contribution in [2.75, 3.05) is 60.7 Å². The Morgan fingerprint density at radius 2 is 1.65 bits per heavy atom. The third kappa shape index (κ3) is 4.53. The predicted octanol–water partition coefficient (Wildman–Crippen LogP) is 3.39. The lowest BCUT2D eigenvalue weighted by atomic mass is 9.97. The molecular weight excluding hydrogens is 476 g/mol. The van der Waals surface area contributed by atoms with Gasteiger partial charge in [0.1, 0.15) is 5.58 Å². The lowest BCUT2D eigenvalue weighted by molar-refractivity contribution is 0.0353. The summed E-state index contributed by atoms with van der Waals surface area (Å²) in [6, 6.07) is 8.36. The highest BCUT2D eigenvalue weighted by Gasteiger charge is 2.43. The average Bonchev–Trinajstić information content (AvgIpc) is 3.20. The van der Waals surface area contributed by atoms with Crippen LogP contribution in [-0.4, -0.2) is 76.4 Å². The van der Waals surface area contributed by atoms with Gasteiger partial charge in [-0.1, -0.05) is 11.6 Å². The predicted molar refractivity (Wildman–Crippen MR) is 138 cm³/mol. The van der Waals surface area contributed by atoms with Crippen molar-refractivity contribution in [3.8, 4) is 17.2 Å². The molecular formula is C28H32N2O7. The van der Waals surface area contributed by atoms with E-state index in [4.69, 9.17) is 23.4 Å². The third-order valence-electron chi connectivity index (χ3n) is 7.10. The first kappa shape index (κ1) is 25.1. The quantitative estimate of drug-likeness (QED) is 0.457. The number of fused-ring (bicyclic) bond motifs is 2. The van der Waals surface area contributed by atoms with E-state index in [1.807, 2.05) is 13.0 Å². The first-order valence-electron chi connectivity index (χ1n) is 12.4. The molecule has 9 nitrogen and oxygen atoms in total. The van der Waals surface area contributed by atoms with Crippen LogP contribution in [-0.2, 0) is 4.74 Å². The van der Waals surface area contributed by atoms with Crippen molar-refractivity contribution in [3.05, 3.63) is 63.0 Å². The molecule has 1 atom stereocenters. The Hall–Kier alpha value is -3.56. The summed E-state index contributed by atoms with van der Waals surface area (Å²) in [5.41, 5.74) is 2.16. The summed E-state index contributed by atoms with van der Waals surface area (Å²) in [4.78, 5) is 31.6. The van der Waals surface area contributed by atoms with Crippen molar-refractivity contribution < 1.29 is 28.2 Å². The highest BCUT2D eigenvalue weighted by molar-refractivity contribution is 5.99. The standard InChI is InChI=1S/C28H32N2O7/c1-17-6-7-20-19(14-17)25(31)23-24(18-15-21(33-2)26(35-4)22(16-18)34-3)30(28(32)27(23)37-20)9-5-8-29-10-12-36-13-11-29/h6-7,14-16,24H,5,8-13H2,1-4H3/t24-/m1/s1. The van der Waals surface area contributed by atoms with Gasteiger partial charge in [-0.25, -0.2) is 0 Å². The number of carbonyl (C=O) groups is 1. The van der Waals surface area contributed by atoms with Crippen molar-refractivity contribution in [1.29, 1.82) is 0 Å². The van der Waals surface area contributed by atoms with Gasteiger partial charge in [-0.2, -0.15) is 0 Å². The molecule has 196 valence electrons. The van der Waals surface area contributed by atoms with Crippen LogP contribution in [0, 0.1) is 6.92 Å². The molecule has 3 heterocycles. The van der Waals surface area contributed by atoms with Gasteiger partial charge in [0.05, 0.1) is 51.5 Å². The number of amides is 1. The van der Waals surface area contributed by atoms with Crippen LogP contribution in [0.3, 0.4) is 0 Å². The van der Waals surface area contributed by atoms with Gasteiger partial charge < -0.3 is 28.3 Å². The Morgan fingerprint density at radius 3 is 2.30 bits per heavy atom. The molecule has 0 saturated carbocycles. The summed E-state index contributed by atoms with van der Waals surface area (Å²) in [6.45, 7) is 6.38. The number of nitrogens with zero attached hydrogens (tertiary/aromatic N) is 2. The van der Waals surface area contributed by atoms with E-state index in [-0.39, 0.29) is 17.1 Å². The number of benzene rings is 2. The molecule has 5 rings (SSSR count). The molecule has 37 heavy (non-hydrogen) atoms. The Kier molecular flexibility index (Phi) is 7.08. The van der Waals surface area contributed by atoms with Crippen LogP contribution >= 0.6 is 0 Å². The summed E-state index contributed by atoms with van der Waals surface area (Å²) in [5.74, 6) is 1.14. The van der Waals surface area contributed by atoms with E-state index < -0.39 is 6.04 Å². The highest BCUT2D eigenvalue weighted by atomic mass is 16.5. The van der Waals surface area contributed by atoms with Crippen molar-refractivity contribution >= 4 is 16.9 Å². The Labute approximate surface area is 215 Å². The van der Waals surface area contributed by atoms with Crippen LogP contribution in [0.25, 0.3) is 11.0 Å². The molecule has 0 bridgehead atoms. The molecule has 0 N–H and O–H groups in total. The summed E-state index contributed by atoms with van der Waals surface area (Å²) in [5, 5.41) is 0.458. The van der Waals surface area contributed by atoms with E-state index in [1.165, 1.54) is 7.11 Å². The van der Waals surface area contributed by atoms with E-state index in [1.54, 1.807) is 43.4 Å². The third-order valence-corrected chi connectivity index (χ3v) is 7.10. The number of rotatable bonds is 8. The maximum Gasteiger partial charge on any atom is 0.290 e. The van der Waals surface area contributed by atoms with E-state index in [0.717, 1.165) is 31.6 Å². The Bertz CT molecular complexity index is 1350. The molecule has 1 aromatic heterocycles. The molecule has 0 spiro atoms. The monoisotopic (exact) mass is 508 g/mol. The van der Waals surface area contributed by atoms with Crippen LogP contribution in [0.5, 0.6) is 17.2 Å². The summed E-state index contributed by atoms with van der Waals surface area (Å²) in [6.07, 6.45) is 0.744. The van der Waals surface area contributed by atoms with Crippen molar-refractivity contribution in [2.24, 2.45) is 0 Å². The van der Waals surface area contributed by atoms with Crippen molar-refractivity contribution in [3.63, 3.8) is 0 Å². The minimum absolute atomic E-state index is 0.0893. The highest BCUT2D eigenvalue weighted by Crippen LogP contribution is 2.45. The number of aryl methyl sites for hydroxylation is 1. The van der Waals surface area contributed by atoms with Crippen molar-refractivity contribution in [1.82, 2.24) is 9.80 Å². The second kappa shape index (κ2) is 10.4. The SMILES string of the molecule is COc1cc([C@@H]2c3c(oc4ccc(C)cc4c3=O)C(=O)N2CCCN2CCOCC2)cc(OC)c1OC. The van der Waals surface area contributed by atoms with Gasteiger partial charge in [0, 0.05) is 26.2 Å². The largest absolute Gasteiger partial charge is 0.493 e. The number of hydrogen-bond acceptors (Lipinski definition) is 8. The van der Waals surface area contributed by atoms with Crippen LogP contribution in [0.4, 0.5) is 0 Å². The first-order valence-corrected chi connectivity index (χ1v) is 12.4. The minimum Gasteiger partial charge on any atom is -0.493 e. The smallest absolute Gasteiger partial charge is 0.290 e. The lowest BCUT2D eigenvalue weighted by Crippen LogP contribution is -2.38. The van der Waals surface area contributed by atoms with E-state index in [9.17, 15) is 9.59 Å². The Balaban J connectivity index is 1.61. The van der Waals surface area contributed by atoms with Crippen LogP contribution in [0.15, 0.2) is 39.5 Å². The molecule has 0 radical (unpaired) electrons. The van der Waals surface area contributed by atoms with Gasteiger partial charge in [0.2, 0.25) is 11.5 Å². The molecule has 1 saturated heterocycles. The van der Waals surface area contributed by atoms with Gasteiger partial charge >= 0.3 is 0 Å². The normalized spacial score (nSPS) is 17.8. The Morgan fingerprint density at radius 1 is 0.946 bits per heavy atom. The first-order chi connectivity index (χ1) is 18.0. The molecule has 1 amide bonds. The fourth-order valence-corrected chi connectivity index (χ4v) is 5.26. The maximum absolute atomic E-state index is 13.9. The summed E-state index contributed by atoms with van der Waals surface area (Å²) < 4.78 is 28.2. The molecule has 2 aromatic carbocycles. The van der Waals surface area contributed by atoms with Crippen LogP contribution in [0.2, 0.25) is 0 Å².